The highest BCUT2D eigenvalue weighted by atomic mass is 79.9. The maximum atomic E-state index is 13.6. The van der Waals surface area contributed by atoms with Crippen LogP contribution in [0.1, 0.15) is 25.3 Å². The topological polar surface area (TPSA) is 112 Å². The number of fused-ring (bicyclic) bond motifs is 3. The smallest absolute Gasteiger partial charge is 0.428 e. The minimum absolute atomic E-state index is 0.00101. The van der Waals surface area contributed by atoms with Crippen molar-refractivity contribution in [2.24, 2.45) is 11.0 Å². The molecular weight excluding hydrogens is 473 g/mol. The van der Waals surface area contributed by atoms with Gasteiger partial charge in [0.25, 0.3) is 0 Å². The van der Waals surface area contributed by atoms with E-state index in [9.17, 15) is 18.8 Å². The average Bonchev–Trinajstić information content (AvgIpc) is 3.25. The summed E-state index contributed by atoms with van der Waals surface area (Å²) in [5, 5.41) is 9.29. The summed E-state index contributed by atoms with van der Waals surface area (Å²) in [4.78, 5) is 37.5. The first-order chi connectivity index (χ1) is 14.7. The fourth-order valence-electron chi connectivity index (χ4n) is 4.89. The lowest BCUT2D eigenvalue weighted by Gasteiger charge is -2.43. The molecule has 1 saturated carbocycles. The molecule has 4 rings (SSSR count). The highest BCUT2D eigenvalue weighted by Crippen LogP contribution is 2.50. The van der Waals surface area contributed by atoms with E-state index in [1.807, 2.05) is 6.92 Å². The van der Waals surface area contributed by atoms with Crippen LogP contribution in [0.15, 0.2) is 27.8 Å². The Kier molecular flexibility index (Phi) is 5.73. The zero-order valence-corrected chi connectivity index (χ0v) is 18.7. The molecule has 3 N–H and O–H groups in total. The van der Waals surface area contributed by atoms with Crippen LogP contribution in [-0.4, -0.2) is 66.3 Å². The molecule has 2 bridgehead atoms. The molecule has 9 nitrogen and oxygen atoms in total. The number of ether oxygens (including phenoxy) is 1. The third-order valence-corrected chi connectivity index (χ3v) is 6.82. The zero-order chi connectivity index (χ0) is 22.3. The minimum Gasteiger partial charge on any atom is -0.435 e. The van der Waals surface area contributed by atoms with E-state index in [1.165, 1.54) is 19.2 Å². The normalized spacial score (nSPS) is 28.0. The average molecular weight is 496 g/mol. The Morgan fingerprint density at radius 3 is 2.87 bits per heavy atom. The highest BCUT2D eigenvalue weighted by Gasteiger charge is 2.61. The van der Waals surface area contributed by atoms with Gasteiger partial charge in [-0.15, -0.1) is 0 Å². The summed E-state index contributed by atoms with van der Waals surface area (Å²) < 4.78 is 20.0. The van der Waals surface area contributed by atoms with Crippen molar-refractivity contribution < 1.29 is 23.5 Å². The number of benzene rings is 1. The highest BCUT2D eigenvalue weighted by molar-refractivity contribution is 9.10. The number of nitrogens with zero attached hydrogens (tertiary/aromatic N) is 2. The second kappa shape index (κ2) is 8.19. The summed E-state index contributed by atoms with van der Waals surface area (Å²) in [6, 6.07) is 4.23. The third-order valence-electron chi connectivity index (χ3n) is 6.17. The number of amides is 3. The molecular formula is C20H23BrFN5O4. The van der Waals surface area contributed by atoms with Gasteiger partial charge in [-0.05, 0) is 31.5 Å². The van der Waals surface area contributed by atoms with Gasteiger partial charge in [-0.3, -0.25) is 14.5 Å². The van der Waals surface area contributed by atoms with Crippen molar-refractivity contribution >= 4 is 39.5 Å². The first-order valence-corrected chi connectivity index (χ1v) is 10.8. The Hall–Kier alpha value is -2.53. The SMILES string of the molecule is CNC(=O)C(=O)N[C@@H](C)CN1CC2CC1CC21OC(=O)NN=C1c1ccc(F)cc1Br. The van der Waals surface area contributed by atoms with E-state index >= 15 is 0 Å². The molecule has 3 unspecified atom stereocenters. The molecule has 1 spiro atoms. The van der Waals surface area contributed by atoms with Crippen LogP contribution in [0.4, 0.5) is 9.18 Å². The largest absolute Gasteiger partial charge is 0.435 e. The second-order valence-electron chi connectivity index (χ2n) is 8.17. The number of nitrogens with one attached hydrogen (secondary N) is 3. The maximum absolute atomic E-state index is 13.6. The number of piperidine rings is 1. The van der Waals surface area contributed by atoms with Crippen molar-refractivity contribution in [3.05, 3.63) is 34.1 Å². The van der Waals surface area contributed by atoms with Gasteiger partial charge in [0.1, 0.15) is 11.5 Å². The van der Waals surface area contributed by atoms with Gasteiger partial charge in [-0.25, -0.2) is 14.6 Å². The molecule has 1 aliphatic carbocycles. The van der Waals surface area contributed by atoms with Crippen LogP contribution in [0.2, 0.25) is 0 Å². The van der Waals surface area contributed by atoms with E-state index in [0.29, 0.717) is 35.3 Å². The molecule has 4 atom stereocenters. The number of halogens is 2. The van der Waals surface area contributed by atoms with Crippen LogP contribution in [0.25, 0.3) is 0 Å². The predicted octanol–water partition coefficient (Wildman–Crippen LogP) is 1.12. The summed E-state index contributed by atoms with van der Waals surface area (Å²) in [5.41, 5.74) is 2.74. The summed E-state index contributed by atoms with van der Waals surface area (Å²) in [6.45, 7) is 3.06. The fourth-order valence-corrected chi connectivity index (χ4v) is 5.43. The Morgan fingerprint density at radius 2 is 2.23 bits per heavy atom. The van der Waals surface area contributed by atoms with Gasteiger partial charge in [-0.2, -0.15) is 5.10 Å². The van der Waals surface area contributed by atoms with Crippen molar-refractivity contribution in [3.8, 4) is 0 Å². The number of rotatable bonds is 4. The fraction of sp³-hybridized carbons (Fsp3) is 0.500. The Bertz CT molecular complexity index is 973. The summed E-state index contributed by atoms with van der Waals surface area (Å²) >= 11 is 3.39. The molecule has 2 aliphatic heterocycles. The lowest BCUT2D eigenvalue weighted by molar-refractivity contribution is -0.139. The molecule has 1 aromatic carbocycles. The van der Waals surface area contributed by atoms with E-state index in [-0.39, 0.29) is 23.8 Å². The molecule has 0 radical (unpaired) electrons. The van der Waals surface area contributed by atoms with E-state index in [4.69, 9.17) is 4.74 Å². The molecule has 1 saturated heterocycles. The summed E-state index contributed by atoms with van der Waals surface area (Å²) in [7, 11) is 1.41. The maximum Gasteiger partial charge on any atom is 0.428 e. The van der Waals surface area contributed by atoms with Crippen molar-refractivity contribution in [1.29, 1.82) is 0 Å². The Balaban J connectivity index is 1.51. The van der Waals surface area contributed by atoms with E-state index in [2.05, 4.69) is 42.0 Å². The molecule has 3 amide bonds. The van der Waals surface area contributed by atoms with Crippen molar-refractivity contribution in [2.75, 3.05) is 20.1 Å². The lowest BCUT2D eigenvalue weighted by Crippen LogP contribution is -2.58. The zero-order valence-electron chi connectivity index (χ0n) is 17.1. The van der Waals surface area contributed by atoms with Gasteiger partial charge in [0.2, 0.25) is 0 Å². The summed E-state index contributed by atoms with van der Waals surface area (Å²) in [6.07, 6.45) is 0.748. The van der Waals surface area contributed by atoms with Gasteiger partial charge in [0.15, 0.2) is 5.60 Å². The Morgan fingerprint density at radius 1 is 1.45 bits per heavy atom. The molecule has 166 valence electrons. The van der Waals surface area contributed by atoms with Crippen LogP contribution >= 0.6 is 15.9 Å². The van der Waals surface area contributed by atoms with Crippen LogP contribution in [0.5, 0.6) is 0 Å². The molecule has 2 heterocycles. The van der Waals surface area contributed by atoms with Crippen LogP contribution in [0.3, 0.4) is 0 Å². The predicted molar refractivity (Wildman–Crippen MR) is 113 cm³/mol. The minimum atomic E-state index is -0.890. The monoisotopic (exact) mass is 495 g/mol. The number of hydrazone groups is 1. The van der Waals surface area contributed by atoms with E-state index < -0.39 is 23.5 Å². The van der Waals surface area contributed by atoms with Crippen LogP contribution in [0, 0.1) is 11.7 Å². The van der Waals surface area contributed by atoms with Crippen LogP contribution < -0.4 is 16.1 Å². The number of hydrogen-bond acceptors (Lipinski definition) is 6. The summed E-state index contributed by atoms with van der Waals surface area (Å²) in [5.74, 6) is -1.72. The first-order valence-electron chi connectivity index (χ1n) is 10.0. The van der Waals surface area contributed by atoms with E-state index in [1.54, 1.807) is 6.07 Å². The lowest BCUT2D eigenvalue weighted by atomic mass is 9.80. The number of likely N-dealkylation sites (N-methyl/N-ethyl adjacent to an activating group) is 1. The van der Waals surface area contributed by atoms with Crippen LogP contribution in [-0.2, 0) is 14.3 Å². The Labute approximate surface area is 186 Å². The molecule has 1 aromatic rings. The standard InChI is InChI=1S/C20H23BrFN5O4/c1-10(24-18(29)17(28)23-2)8-27-9-11-5-13(27)7-20(11)16(25-26-19(30)31-20)14-4-3-12(22)6-15(14)21/h3-4,6,10-11,13H,5,7-9H2,1-2H3,(H,23,28)(H,24,29)(H,26,30)/t10-,11?,13?,20?/m0/s1. The first kappa shape index (κ1) is 21.7. The molecule has 31 heavy (non-hydrogen) atoms. The molecule has 3 aliphatic rings. The molecule has 2 fully saturated rings. The van der Waals surface area contributed by atoms with Crippen molar-refractivity contribution in [1.82, 2.24) is 21.0 Å². The quantitative estimate of drug-likeness (QED) is 0.541. The molecule has 0 aromatic heterocycles. The third kappa shape index (κ3) is 3.91. The second-order valence-corrected chi connectivity index (χ2v) is 9.03. The molecule has 11 heteroatoms. The number of likely N-dealkylation sites (tertiary alicyclic amines) is 1. The van der Waals surface area contributed by atoms with Gasteiger partial charge in [0.05, 0.1) is 0 Å². The number of carbonyl (C=O) groups excluding carboxylic acids is 3. The van der Waals surface area contributed by atoms with E-state index in [0.717, 1.165) is 6.42 Å². The van der Waals surface area contributed by atoms with Gasteiger partial charge < -0.3 is 15.4 Å². The van der Waals surface area contributed by atoms with Gasteiger partial charge in [-0.1, -0.05) is 15.9 Å². The number of carbonyl (C=O) groups is 3. The van der Waals surface area contributed by atoms with Gasteiger partial charge >= 0.3 is 17.9 Å². The number of hydrogen-bond donors (Lipinski definition) is 3. The van der Waals surface area contributed by atoms with Crippen molar-refractivity contribution in [3.63, 3.8) is 0 Å². The van der Waals surface area contributed by atoms with Crippen molar-refractivity contribution in [2.45, 2.75) is 37.5 Å². The van der Waals surface area contributed by atoms with Gasteiger partial charge in [0, 0.05) is 54.6 Å².